The summed E-state index contributed by atoms with van der Waals surface area (Å²) in [5.74, 6) is 0.632. The average Bonchev–Trinajstić information content (AvgIpc) is 2.30. The summed E-state index contributed by atoms with van der Waals surface area (Å²) < 4.78 is 0. The highest BCUT2D eigenvalue weighted by atomic mass is 16.3. The number of benzene rings is 2. The summed E-state index contributed by atoms with van der Waals surface area (Å²) in [5, 5.41) is 18.7. The van der Waals surface area contributed by atoms with Crippen LogP contribution in [0.3, 0.4) is 0 Å². The molecule has 0 unspecified atom stereocenters. The van der Waals surface area contributed by atoms with Crippen LogP contribution in [0.4, 0.5) is 0 Å². The van der Waals surface area contributed by atoms with Gasteiger partial charge in [0.25, 0.3) is 0 Å². The number of rotatable bonds is 3. The zero-order valence-electron chi connectivity index (χ0n) is 8.93. The summed E-state index contributed by atoms with van der Waals surface area (Å²) in [6.07, 6.45) is 1.66. The van der Waals surface area contributed by atoms with Crippen molar-refractivity contribution in [3.8, 4) is 11.5 Å². The molecule has 16 heavy (non-hydrogen) atoms. The first-order valence-electron chi connectivity index (χ1n) is 5.30. The lowest BCUT2D eigenvalue weighted by Gasteiger charge is -2.04. The molecule has 2 aromatic carbocycles. The van der Waals surface area contributed by atoms with Crippen molar-refractivity contribution >= 4 is 0 Å². The molecule has 2 nitrogen and oxygen atoms in total. The van der Waals surface area contributed by atoms with Gasteiger partial charge in [0.2, 0.25) is 0 Å². The summed E-state index contributed by atoms with van der Waals surface area (Å²) in [7, 11) is 0. The quantitative estimate of drug-likeness (QED) is 0.824. The zero-order chi connectivity index (χ0) is 11.4. The fourth-order valence-corrected chi connectivity index (χ4v) is 1.66. The minimum Gasteiger partial charge on any atom is -0.508 e. The lowest BCUT2D eigenvalue weighted by molar-refractivity contribution is 0.467. The Balaban J connectivity index is 2.02. The topological polar surface area (TPSA) is 40.5 Å². The minimum absolute atomic E-state index is 0.284. The highest BCUT2D eigenvalue weighted by Gasteiger charge is 2.00. The van der Waals surface area contributed by atoms with Gasteiger partial charge in [-0.05, 0) is 42.2 Å². The SMILES string of the molecule is Oc1ccc(CCc2ccccc2O)cc1. The maximum absolute atomic E-state index is 9.59. The van der Waals surface area contributed by atoms with Crippen molar-refractivity contribution in [1.82, 2.24) is 0 Å². The molecule has 2 N–H and O–H groups in total. The number of phenols is 2. The van der Waals surface area contributed by atoms with Crippen LogP contribution in [0.2, 0.25) is 0 Å². The Kier molecular flexibility index (Phi) is 3.10. The molecule has 0 bridgehead atoms. The molecule has 82 valence electrons. The fourth-order valence-electron chi connectivity index (χ4n) is 1.66. The van der Waals surface area contributed by atoms with Gasteiger partial charge in [-0.25, -0.2) is 0 Å². The van der Waals surface area contributed by atoms with E-state index in [1.54, 1.807) is 18.2 Å². The fraction of sp³-hybridized carbons (Fsp3) is 0.143. The third kappa shape index (κ3) is 2.54. The summed E-state index contributed by atoms with van der Waals surface area (Å²) >= 11 is 0. The first-order chi connectivity index (χ1) is 7.75. The molecule has 0 saturated heterocycles. The van der Waals surface area contributed by atoms with Crippen molar-refractivity contribution in [2.24, 2.45) is 0 Å². The maximum atomic E-state index is 9.59. The molecule has 0 aliphatic rings. The third-order valence-electron chi connectivity index (χ3n) is 2.61. The second-order valence-corrected chi connectivity index (χ2v) is 3.80. The molecule has 0 fully saturated rings. The lowest BCUT2D eigenvalue weighted by Crippen LogP contribution is -1.91. The maximum Gasteiger partial charge on any atom is 0.118 e. The molecule has 0 amide bonds. The molecule has 0 heterocycles. The van der Waals surface area contributed by atoms with Gasteiger partial charge in [-0.1, -0.05) is 30.3 Å². The van der Waals surface area contributed by atoms with Crippen LogP contribution in [-0.2, 0) is 12.8 Å². The molecule has 0 atom stereocenters. The predicted molar refractivity (Wildman–Crippen MR) is 63.6 cm³/mol. The predicted octanol–water partition coefficient (Wildman–Crippen LogP) is 2.88. The van der Waals surface area contributed by atoms with Crippen molar-refractivity contribution < 1.29 is 10.2 Å². The van der Waals surface area contributed by atoms with Crippen LogP contribution in [-0.4, -0.2) is 10.2 Å². The largest absolute Gasteiger partial charge is 0.508 e. The highest BCUT2D eigenvalue weighted by molar-refractivity contribution is 5.33. The van der Waals surface area contributed by atoms with Crippen molar-refractivity contribution in [3.05, 3.63) is 59.7 Å². The molecular formula is C14H14O2. The van der Waals surface area contributed by atoms with E-state index < -0.39 is 0 Å². The van der Waals surface area contributed by atoms with Crippen LogP contribution in [0, 0.1) is 0 Å². The van der Waals surface area contributed by atoms with Gasteiger partial charge in [-0.3, -0.25) is 0 Å². The van der Waals surface area contributed by atoms with E-state index in [1.165, 1.54) is 0 Å². The van der Waals surface area contributed by atoms with Gasteiger partial charge in [-0.15, -0.1) is 0 Å². The van der Waals surface area contributed by atoms with Crippen LogP contribution in [0.1, 0.15) is 11.1 Å². The Labute approximate surface area is 94.8 Å². The average molecular weight is 214 g/mol. The van der Waals surface area contributed by atoms with E-state index in [-0.39, 0.29) is 5.75 Å². The summed E-state index contributed by atoms with van der Waals surface area (Å²) in [4.78, 5) is 0. The number of para-hydroxylation sites is 1. The van der Waals surface area contributed by atoms with Crippen molar-refractivity contribution in [3.63, 3.8) is 0 Å². The van der Waals surface area contributed by atoms with Crippen LogP contribution in [0.15, 0.2) is 48.5 Å². The number of phenolic OH excluding ortho intramolecular Hbond substituents is 2. The molecule has 0 aliphatic carbocycles. The standard InChI is InChI=1S/C14H14O2/c15-13-9-6-11(7-10-13)5-8-12-3-1-2-4-14(12)16/h1-4,6-7,9-10,15-16H,5,8H2. The van der Waals surface area contributed by atoms with E-state index in [4.69, 9.17) is 5.11 Å². The Morgan fingerprint density at radius 1 is 0.750 bits per heavy atom. The summed E-state index contributed by atoms with van der Waals surface area (Å²) in [6.45, 7) is 0. The van der Waals surface area contributed by atoms with Crippen LogP contribution in [0.5, 0.6) is 11.5 Å². The Bertz CT molecular complexity index is 460. The smallest absolute Gasteiger partial charge is 0.118 e. The van der Waals surface area contributed by atoms with E-state index in [9.17, 15) is 5.11 Å². The van der Waals surface area contributed by atoms with E-state index >= 15 is 0 Å². The Hall–Kier alpha value is -1.96. The van der Waals surface area contributed by atoms with Crippen molar-refractivity contribution in [1.29, 1.82) is 0 Å². The minimum atomic E-state index is 0.284. The van der Waals surface area contributed by atoms with E-state index in [1.807, 2.05) is 30.3 Å². The van der Waals surface area contributed by atoms with Gasteiger partial charge in [-0.2, -0.15) is 0 Å². The first kappa shape index (κ1) is 10.6. The van der Waals surface area contributed by atoms with Gasteiger partial charge >= 0.3 is 0 Å². The molecular weight excluding hydrogens is 200 g/mol. The lowest BCUT2D eigenvalue weighted by atomic mass is 10.0. The van der Waals surface area contributed by atoms with Crippen molar-refractivity contribution in [2.45, 2.75) is 12.8 Å². The number of hydrogen-bond donors (Lipinski definition) is 2. The van der Waals surface area contributed by atoms with Crippen LogP contribution in [0.25, 0.3) is 0 Å². The molecule has 0 spiro atoms. The molecule has 0 aliphatic heterocycles. The number of aryl methyl sites for hydroxylation is 2. The van der Waals surface area contributed by atoms with Gasteiger partial charge < -0.3 is 10.2 Å². The van der Waals surface area contributed by atoms with Crippen LogP contribution >= 0.6 is 0 Å². The molecule has 2 heteroatoms. The third-order valence-corrected chi connectivity index (χ3v) is 2.61. The van der Waals surface area contributed by atoms with Crippen molar-refractivity contribution in [2.75, 3.05) is 0 Å². The Morgan fingerprint density at radius 3 is 2.12 bits per heavy atom. The normalized spacial score (nSPS) is 10.2. The molecule has 2 aromatic rings. The monoisotopic (exact) mass is 214 g/mol. The number of aromatic hydroxyl groups is 2. The summed E-state index contributed by atoms with van der Waals surface area (Å²) in [5.41, 5.74) is 2.11. The van der Waals surface area contributed by atoms with Gasteiger partial charge in [0.15, 0.2) is 0 Å². The first-order valence-corrected chi connectivity index (χ1v) is 5.30. The summed E-state index contributed by atoms with van der Waals surface area (Å²) in [6, 6.07) is 14.5. The molecule has 0 aromatic heterocycles. The van der Waals surface area contributed by atoms with E-state index in [0.717, 1.165) is 24.0 Å². The molecule has 0 radical (unpaired) electrons. The zero-order valence-corrected chi connectivity index (χ0v) is 8.93. The van der Waals surface area contributed by atoms with Crippen LogP contribution < -0.4 is 0 Å². The second-order valence-electron chi connectivity index (χ2n) is 3.80. The van der Waals surface area contributed by atoms with E-state index in [0.29, 0.717) is 5.75 Å². The molecule has 0 saturated carbocycles. The van der Waals surface area contributed by atoms with Gasteiger partial charge in [0, 0.05) is 0 Å². The Morgan fingerprint density at radius 2 is 1.44 bits per heavy atom. The second kappa shape index (κ2) is 4.71. The van der Waals surface area contributed by atoms with E-state index in [2.05, 4.69) is 0 Å². The van der Waals surface area contributed by atoms with Gasteiger partial charge in [0.1, 0.15) is 11.5 Å². The molecule has 2 rings (SSSR count). The van der Waals surface area contributed by atoms with Gasteiger partial charge in [0.05, 0.1) is 0 Å². The highest BCUT2D eigenvalue weighted by Crippen LogP contribution is 2.18. The number of hydrogen-bond acceptors (Lipinski definition) is 2.